The maximum absolute atomic E-state index is 4.39. The molecule has 0 amide bonds. The first kappa shape index (κ1) is 10.2. The first-order valence-corrected chi connectivity index (χ1v) is 6.04. The molecule has 0 radical (unpaired) electrons. The minimum absolute atomic E-state index is 0.771. The SMILES string of the molecule is c1cnc2ncc(-c3ccn4ccnc4c3)cc2c1. The summed E-state index contributed by atoms with van der Waals surface area (Å²) in [5, 5.41) is 1.04. The molecule has 0 fully saturated rings. The van der Waals surface area contributed by atoms with Gasteiger partial charge >= 0.3 is 0 Å². The molecule has 0 spiro atoms. The lowest BCUT2D eigenvalue weighted by Crippen LogP contribution is -1.87. The van der Waals surface area contributed by atoms with Gasteiger partial charge in [0, 0.05) is 41.9 Å². The minimum Gasteiger partial charge on any atom is -0.307 e. The average Bonchev–Trinajstić information content (AvgIpc) is 2.94. The number of aromatic nitrogens is 4. The summed E-state index contributed by atoms with van der Waals surface area (Å²) in [6.07, 6.45) is 9.34. The molecule has 4 nitrogen and oxygen atoms in total. The average molecular weight is 246 g/mol. The highest BCUT2D eigenvalue weighted by Gasteiger charge is 2.03. The normalized spacial score (nSPS) is 11.2. The van der Waals surface area contributed by atoms with Crippen LogP contribution in [0.1, 0.15) is 0 Å². The van der Waals surface area contributed by atoms with Crippen molar-refractivity contribution < 1.29 is 0 Å². The molecule has 0 unspecified atom stereocenters. The topological polar surface area (TPSA) is 43.1 Å². The first-order valence-electron chi connectivity index (χ1n) is 6.04. The monoisotopic (exact) mass is 246 g/mol. The van der Waals surface area contributed by atoms with Crippen molar-refractivity contribution in [3.63, 3.8) is 0 Å². The Morgan fingerprint density at radius 2 is 1.84 bits per heavy atom. The highest BCUT2D eigenvalue weighted by Crippen LogP contribution is 2.22. The number of hydrogen-bond acceptors (Lipinski definition) is 3. The molecular weight excluding hydrogens is 236 g/mol. The molecule has 4 heterocycles. The van der Waals surface area contributed by atoms with Gasteiger partial charge in [0.05, 0.1) is 0 Å². The number of hydrogen-bond donors (Lipinski definition) is 0. The third-order valence-electron chi connectivity index (χ3n) is 3.19. The van der Waals surface area contributed by atoms with Crippen LogP contribution in [0.15, 0.2) is 61.3 Å². The molecule has 0 aliphatic heterocycles. The summed E-state index contributed by atoms with van der Waals surface area (Å²) in [7, 11) is 0. The molecule has 0 aromatic carbocycles. The summed E-state index contributed by atoms with van der Waals surface area (Å²) in [5.41, 5.74) is 3.89. The fourth-order valence-corrected chi connectivity index (χ4v) is 2.21. The van der Waals surface area contributed by atoms with Crippen LogP contribution in [0.4, 0.5) is 0 Å². The molecule has 4 rings (SSSR count). The van der Waals surface area contributed by atoms with E-state index in [9.17, 15) is 0 Å². The van der Waals surface area contributed by atoms with E-state index >= 15 is 0 Å². The maximum atomic E-state index is 4.39. The van der Waals surface area contributed by atoms with Gasteiger partial charge in [0.1, 0.15) is 5.65 Å². The van der Waals surface area contributed by atoms with Crippen molar-refractivity contribution >= 4 is 16.7 Å². The van der Waals surface area contributed by atoms with Crippen molar-refractivity contribution in [3.8, 4) is 11.1 Å². The van der Waals surface area contributed by atoms with Crippen molar-refractivity contribution in [1.82, 2.24) is 19.4 Å². The van der Waals surface area contributed by atoms with Crippen LogP contribution in [0.2, 0.25) is 0 Å². The Labute approximate surface area is 109 Å². The highest BCUT2D eigenvalue weighted by molar-refractivity contribution is 5.81. The molecule has 0 atom stereocenters. The number of pyridine rings is 3. The van der Waals surface area contributed by atoms with Crippen molar-refractivity contribution in [2.75, 3.05) is 0 Å². The molecule has 0 aliphatic carbocycles. The second-order valence-corrected chi connectivity index (χ2v) is 4.38. The van der Waals surface area contributed by atoms with E-state index in [1.54, 1.807) is 12.4 Å². The Morgan fingerprint density at radius 3 is 2.84 bits per heavy atom. The molecule has 0 saturated heterocycles. The third-order valence-corrected chi connectivity index (χ3v) is 3.19. The first-order chi connectivity index (χ1) is 9.40. The van der Waals surface area contributed by atoms with Crippen molar-refractivity contribution in [3.05, 3.63) is 61.3 Å². The molecule has 4 aromatic heterocycles. The zero-order valence-electron chi connectivity index (χ0n) is 10.1. The lowest BCUT2D eigenvalue weighted by molar-refractivity contribution is 1.19. The van der Waals surface area contributed by atoms with Gasteiger partial charge in [-0.1, -0.05) is 0 Å². The van der Waals surface area contributed by atoms with Gasteiger partial charge in [-0.3, -0.25) is 0 Å². The number of fused-ring (bicyclic) bond motifs is 2. The third kappa shape index (κ3) is 1.65. The van der Waals surface area contributed by atoms with E-state index in [1.165, 1.54) is 0 Å². The van der Waals surface area contributed by atoms with Crippen LogP contribution < -0.4 is 0 Å². The van der Waals surface area contributed by atoms with Gasteiger partial charge in [-0.2, -0.15) is 0 Å². The smallest absolute Gasteiger partial charge is 0.159 e. The molecule has 0 N–H and O–H groups in total. The van der Waals surface area contributed by atoms with Gasteiger partial charge in [-0.05, 0) is 35.9 Å². The molecule has 90 valence electrons. The highest BCUT2D eigenvalue weighted by atomic mass is 15.0. The van der Waals surface area contributed by atoms with Crippen molar-refractivity contribution in [1.29, 1.82) is 0 Å². The quantitative estimate of drug-likeness (QED) is 0.518. The van der Waals surface area contributed by atoms with Crippen LogP contribution in [0, 0.1) is 0 Å². The lowest BCUT2D eigenvalue weighted by atomic mass is 10.1. The van der Waals surface area contributed by atoms with Gasteiger partial charge in [0.2, 0.25) is 0 Å². The predicted molar refractivity (Wildman–Crippen MR) is 73.7 cm³/mol. The Morgan fingerprint density at radius 1 is 0.842 bits per heavy atom. The summed E-state index contributed by atoms with van der Waals surface area (Å²) < 4.78 is 1.99. The molecular formula is C15H10N4. The number of imidazole rings is 1. The fraction of sp³-hybridized carbons (Fsp3) is 0. The second kappa shape index (κ2) is 3.88. The molecule has 4 heteroatoms. The van der Waals surface area contributed by atoms with E-state index in [2.05, 4.69) is 33.2 Å². The molecule has 0 bridgehead atoms. The summed E-state index contributed by atoms with van der Waals surface area (Å²) >= 11 is 0. The summed E-state index contributed by atoms with van der Waals surface area (Å²) in [4.78, 5) is 12.9. The number of nitrogens with zero attached hydrogens (tertiary/aromatic N) is 4. The van der Waals surface area contributed by atoms with E-state index in [4.69, 9.17) is 0 Å². The van der Waals surface area contributed by atoms with Crippen molar-refractivity contribution in [2.24, 2.45) is 0 Å². The van der Waals surface area contributed by atoms with Gasteiger partial charge in [-0.15, -0.1) is 0 Å². The van der Waals surface area contributed by atoms with Gasteiger partial charge < -0.3 is 4.40 Å². The van der Waals surface area contributed by atoms with Crippen LogP contribution in [-0.2, 0) is 0 Å². The molecule has 0 saturated carbocycles. The van der Waals surface area contributed by atoms with Crippen LogP contribution in [0.5, 0.6) is 0 Å². The van der Waals surface area contributed by atoms with E-state index in [0.29, 0.717) is 0 Å². The fourth-order valence-electron chi connectivity index (χ4n) is 2.21. The van der Waals surface area contributed by atoms with Crippen LogP contribution in [0.25, 0.3) is 27.8 Å². The van der Waals surface area contributed by atoms with Crippen molar-refractivity contribution in [2.45, 2.75) is 0 Å². The van der Waals surface area contributed by atoms with E-state index < -0.39 is 0 Å². The predicted octanol–water partition coefficient (Wildman–Crippen LogP) is 2.94. The second-order valence-electron chi connectivity index (χ2n) is 4.38. The summed E-state index contributed by atoms with van der Waals surface area (Å²) in [5.74, 6) is 0. The van der Waals surface area contributed by atoms with Gasteiger partial charge in [0.25, 0.3) is 0 Å². The maximum Gasteiger partial charge on any atom is 0.159 e. The van der Waals surface area contributed by atoms with Gasteiger partial charge in [0.15, 0.2) is 5.65 Å². The van der Waals surface area contributed by atoms with Gasteiger partial charge in [-0.25, -0.2) is 15.0 Å². The lowest BCUT2D eigenvalue weighted by Gasteiger charge is -2.03. The van der Waals surface area contributed by atoms with Crippen LogP contribution >= 0.6 is 0 Å². The standard InChI is InChI=1S/C15H10N4/c1-2-12-8-13(10-18-15(12)17-4-1)11-3-6-19-7-5-16-14(19)9-11/h1-10H. The Balaban J connectivity index is 1.92. The Kier molecular flexibility index (Phi) is 2.08. The van der Waals surface area contributed by atoms with E-state index in [0.717, 1.165) is 27.8 Å². The van der Waals surface area contributed by atoms with E-state index in [1.807, 2.05) is 35.1 Å². The largest absolute Gasteiger partial charge is 0.307 e. The Hall–Kier alpha value is -2.75. The summed E-state index contributed by atoms with van der Waals surface area (Å²) in [6.45, 7) is 0. The number of rotatable bonds is 1. The molecule has 19 heavy (non-hydrogen) atoms. The zero-order valence-corrected chi connectivity index (χ0v) is 10.1. The molecule has 4 aromatic rings. The van der Waals surface area contributed by atoms with E-state index in [-0.39, 0.29) is 0 Å². The zero-order chi connectivity index (χ0) is 12.7. The summed E-state index contributed by atoms with van der Waals surface area (Å²) in [6, 6.07) is 10.2. The Bertz CT molecular complexity index is 879. The van der Waals surface area contributed by atoms with Crippen LogP contribution in [-0.4, -0.2) is 19.4 Å². The molecule has 0 aliphatic rings. The van der Waals surface area contributed by atoms with Crippen LogP contribution in [0.3, 0.4) is 0 Å². The minimum atomic E-state index is 0.771.